The average molecular weight is 688 g/mol. The molecule has 0 saturated carbocycles. The first-order valence-electron chi connectivity index (χ1n) is 15.4. The van der Waals surface area contributed by atoms with Gasteiger partial charge in [-0.05, 0) is 56.1 Å². The van der Waals surface area contributed by atoms with E-state index in [0.717, 1.165) is 17.1 Å². The van der Waals surface area contributed by atoms with Gasteiger partial charge in [-0.25, -0.2) is 4.98 Å². The maximum atomic E-state index is 13.7. The van der Waals surface area contributed by atoms with Crippen molar-refractivity contribution < 1.29 is 42.6 Å². The number of carboxylic acid groups (broad SMARTS) is 1. The number of imidazole rings is 1. The number of carbonyl (C=O) groups is 4. The zero-order chi connectivity index (χ0) is 35.9. The van der Waals surface area contributed by atoms with Gasteiger partial charge in [0.2, 0.25) is 0 Å². The summed E-state index contributed by atoms with van der Waals surface area (Å²) >= 11 is 0. The highest BCUT2D eigenvalue weighted by molar-refractivity contribution is 6.03. The Morgan fingerprint density at radius 1 is 1.14 bits per heavy atom. The van der Waals surface area contributed by atoms with Gasteiger partial charge in [0.05, 0.1) is 23.5 Å². The molecule has 3 amide bonds. The number of amides is 3. The quantitative estimate of drug-likeness (QED) is 0.266. The van der Waals surface area contributed by atoms with Gasteiger partial charge >= 0.3 is 6.18 Å². The summed E-state index contributed by atoms with van der Waals surface area (Å²) in [5, 5.41) is 35.9. The second kappa shape index (κ2) is 15.3. The smallest absolute Gasteiger partial charge is 0.435 e. The first-order valence-corrected chi connectivity index (χ1v) is 15.4. The molecule has 15 nitrogen and oxygen atoms in total. The van der Waals surface area contributed by atoms with E-state index in [1.54, 1.807) is 34.1 Å². The SMILES string of the molecule is CCc1cc(NC(=O)c2ncc(-c3cn(CC#N)nc3C(F)(F)F)n2C)ccc1C(=O)N1CCN(C(=O)C2(O)CCNCC2)CC1.O=CO. The number of aromatic nitrogens is 4. The van der Waals surface area contributed by atoms with Crippen molar-refractivity contribution >= 4 is 29.9 Å². The molecule has 4 N–H and O–H groups in total. The molecular weight excluding hydrogens is 651 g/mol. The number of nitrogens with zero attached hydrogens (tertiary/aromatic N) is 7. The van der Waals surface area contributed by atoms with Crippen molar-refractivity contribution in [3.63, 3.8) is 0 Å². The van der Waals surface area contributed by atoms with Crippen LogP contribution in [0.2, 0.25) is 0 Å². The lowest BCUT2D eigenvalue weighted by Gasteiger charge is -2.40. The summed E-state index contributed by atoms with van der Waals surface area (Å²) in [6.45, 7) is 3.62. The summed E-state index contributed by atoms with van der Waals surface area (Å²) in [5.41, 5.74) is -1.42. The number of halogens is 3. The van der Waals surface area contributed by atoms with Crippen LogP contribution in [0.4, 0.5) is 18.9 Å². The number of piperazine rings is 1. The topological polar surface area (TPSA) is 199 Å². The molecule has 0 aliphatic carbocycles. The molecule has 2 aliphatic rings. The lowest BCUT2D eigenvalue weighted by Crippen LogP contribution is -2.59. The van der Waals surface area contributed by atoms with Crippen LogP contribution in [-0.2, 0) is 35.8 Å². The van der Waals surface area contributed by atoms with Gasteiger partial charge in [-0.2, -0.15) is 23.5 Å². The Labute approximate surface area is 278 Å². The van der Waals surface area contributed by atoms with Crippen LogP contribution >= 0.6 is 0 Å². The van der Waals surface area contributed by atoms with Crippen molar-refractivity contribution in [2.45, 2.75) is 44.5 Å². The molecule has 0 radical (unpaired) electrons. The zero-order valence-electron chi connectivity index (χ0n) is 26.8. The van der Waals surface area contributed by atoms with Gasteiger partial charge in [0.25, 0.3) is 24.2 Å². The van der Waals surface area contributed by atoms with Crippen LogP contribution in [0.15, 0.2) is 30.6 Å². The molecule has 0 spiro atoms. The number of alkyl halides is 3. The minimum absolute atomic E-state index is 0.0106. The lowest BCUT2D eigenvalue weighted by atomic mass is 9.90. The maximum Gasteiger partial charge on any atom is 0.435 e. The molecule has 5 rings (SSSR count). The van der Waals surface area contributed by atoms with Crippen LogP contribution in [0.1, 0.15) is 52.0 Å². The Bertz CT molecular complexity index is 1730. The normalized spacial score (nSPS) is 15.9. The number of rotatable bonds is 7. The summed E-state index contributed by atoms with van der Waals surface area (Å²) in [5.74, 6) is -1.35. The second-order valence-electron chi connectivity index (χ2n) is 11.4. The highest BCUT2D eigenvalue weighted by Crippen LogP contribution is 2.36. The number of nitriles is 1. The summed E-state index contributed by atoms with van der Waals surface area (Å²) in [6, 6.07) is 6.58. The van der Waals surface area contributed by atoms with Gasteiger partial charge in [0.1, 0.15) is 12.1 Å². The van der Waals surface area contributed by atoms with Crippen molar-refractivity contribution in [1.29, 1.82) is 5.26 Å². The molecule has 18 heteroatoms. The van der Waals surface area contributed by atoms with E-state index >= 15 is 0 Å². The van der Waals surface area contributed by atoms with Crippen LogP contribution in [-0.4, -0.2) is 108 Å². The Kier molecular flexibility index (Phi) is 11.4. The number of nitrogens with one attached hydrogen (secondary N) is 2. The van der Waals surface area contributed by atoms with Crippen LogP contribution < -0.4 is 10.6 Å². The molecule has 4 heterocycles. The molecule has 0 atom stereocenters. The number of hydrogen-bond acceptors (Lipinski definition) is 9. The molecule has 2 aromatic heterocycles. The van der Waals surface area contributed by atoms with Crippen LogP contribution in [0, 0.1) is 11.3 Å². The Morgan fingerprint density at radius 3 is 2.37 bits per heavy atom. The summed E-state index contributed by atoms with van der Waals surface area (Å²) < 4.78 is 43.1. The largest absolute Gasteiger partial charge is 0.483 e. The fourth-order valence-electron chi connectivity index (χ4n) is 5.83. The van der Waals surface area contributed by atoms with Gasteiger partial charge in [0, 0.05) is 50.7 Å². The third kappa shape index (κ3) is 8.06. The van der Waals surface area contributed by atoms with Crippen molar-refractivity contribution in [2.24, 2.45) is 7.05 Å². The van der Waals surface area contributed by atoms with Gasteiger partial charge in [-0.3, -0.25) is 23.9 Å². The lowest BCUT2D eigenvalue weighted by molar-refractivity contribution is -0.155. The maximum absolute atomic E-state index is 13.7. The van der Waals surface area contributed by atoms with Gasteiger partial charge in [-0.15, -0.1) is 0 Å². The Morgan fingerprint density at radius 2 is 1.78 bits per heavy atom. The third-order valence-electron chi connectivity index (χ3n) is 8.39. The molecule has 2 fully saturated rings. The molecule has 2 aliphatic heterocycles. The first-order chi connectivity index (χ1) is 23.3. The highest BCUT2D eigenvalue weighted by atomic mass is 19.4. The number of benzene rings is 1. The number of anilines is 1. The number of carbonyl (C=O) groups excluding carboxylic acids is 3. The molecule has 49 heavy (non-hydrogen) atoms. The van der Waals surface area contributed by atoms with E-state index in [1.807, 2.05) is 6.92 Å². The van der Waals surface area contributed by atoms with E-state index in [-0.39, 0.29) is 41.9 Å². The van der Waals surface area contributed by atoms with Crippen LogP contribution in [0.5, 0.6) is 0 Å². The van der Waals surface area contributed by atoms with E-state index in [2.05, 4.69) is 20.7 Å². The summed E-state index contributed by atoms with van der Waals surface area (Å²) in [7, 11) is 1.40. The van der Waals surface area contributed by atoms with Crippen LogP contribution in [0.25, 0.3) is 11.3 Å². The van der Waals surface area contributed by atoms with Crippen LogP contribution in [0.3, 0.4) is 0 Å². The zero-order valence-corrected chi connectivity index (χ0v) is 26.8. The molecular formula is C31H36F3N9O6. The van der Waals surface area contributed by atoms with E-state index in [1.165, 1.54) is 11.6 Å². The van der Waals surface area contributed by atoms with Gasteiger partial charge in [0.15, 0.2) is 11.5 Å². The average Bonchev–Trinajstić information content (AvgIpc) is 3.68. The fraction of sp³-hybridized carbons (Fsp3) is 0.452. The van der Waals surface area contributed by atoms with E-state index in [4.69, 9.17) is 15.2 Å². The monoisotopic (exact) mass is 687 g/mol. The standard InChI is InChI=1S/C30H34F3N9O4.CH2O2/c1-3-19-16-20(4-5-21(19)27(44)40-12-14-41(15-13-40)28(45)29(46)6-9-35-10-7-29)37-26(43)25-36-17-23(39(25)2)22-18-42(11-8-34)38-24(22)30(31,32)33;2-1-3/h4-5,16-18,35,46H,3,6-7,9-15H2,1-2H3,(H,37,43);1H,(H,2,3). The van der Waals surface area contributed by atoms with E-state index in [9.17, 15) is 32.7 Å². The molecule has 262 valence electrons. The molecule has 0 bridgehead atoms. The number of aryl methyl sites for hydroxylation is 1. The van der Waals surface area contributed by atoms with Crippen molar-refractivity contribution in [1.82, 2.24) is 34.4 Å². The molecule has 3 aromatic rings. The van der Waals surface area contributed by atoms with Crippen molar-refractivity contribution in [2.75, 3.05) is 44.6 Å². The van der Waals surface area contributed by atoms with Gasteiger partial charge in [-0.1, -0.05) is 6.92 Å². The Balaban J connectivity index is 0.00000174. The second-order valence-corrected chi connectivity index (χ2v) is 11.4. The molecule has 1 aromatic carbocycles. The summed E-state index contributed by atoms with van der Waals surface area (Å²) in [4.78, 5) is 55.2. The highest BCUT2D eigenvalue weighted by Gasteiger charge is 2.41. The number of hydrogen-bond donors (Lipinski definition) is 4. The van der Waals surface area contributed by atoms with E-state index in [0.29, 0.717) is 75.3 Å². The third-order valence-corrected chi connectivity index (χ3v) is 8.39. The van der Waals surface area contributed by atoms with Crippen molar-refractivity contribution in [3.05, 3.63) is 53.2 Å². The minimum Gasteiger partial charge on any atom is -0.483 e. The number of piperidine rings is 1. The Hall–Kier alpha value is -5.28. The van der Waals surface area contributed by atoms with E-state index < -0.39 is 23.4 Å². The first kappa shape index (κ1) is 36.6. The number of aliphatic hydroxyl groups is 1. The molecule has 2 saturated heterocycles. The van der Waals surface area contributed by atoms with Gasteiger partial charge < -0.3 is 35.2 Å². The van der Waals surface area contributed by atoms with Crippen molar-refractivity contribution in [3.8, 4) is 17.3 Å². The predicted molar refractivity (Wildman–Crippen MR) is 167 cm³/mol. The molecule has 0 unspecified atom stereocenters. The minimum atomic E-state index is -4.79. The predicted octanol–water partition coefficient (Wildman–Crippen LogP) is 1.74. The fourth-order valence-corrected chi connectivity index (χ4v) is 5.83. The summed E-state index contributed by atoms with van der Waals surface area (Å²) in [6.07, 6.45) is -1.39.